The summed E-state index contributed by atoms with van der Waals surface area (Å²) in [7, 11) is 0. The van der Waals surface area contributed by atoms with E-state index in [9.17, 15) is 9.59 Å². The van der Waals surface area contributed by atoms with Gasteiger partial charge >= 0.3 is 35.8 Å². The molecule has 2 N–H and O–H groups in total. The van der Waals surface area contributed by atoms with Crippen LogP contribution in [-0.4, -0.2) is 46.1 Å². The summed E-state index contributed by atoms with van der Waals surface area (Å²) in [6, 6.07) is 5.02. The van der Waals surface area contributed by atoms with Crippen molar-refractivity contribution in [2.24, 2.45) is 0 Å². The van der Waals surface area contributed by atoms with E-state index in [1.807, 2.05) is 0 Å². The van der Waals surface area contributed by atoms with E-state index in [0.29, 0.717) is 0 Å². The van der Waals surface area contributed by atoms with Gasteiger partial charge in [0.2, 0.25) is 0 Å². The van der Waals surface area contributed by atoms with Crippen LogP contribution in [0.2, 0.25) is 0 Å². The second-order valence-corrected chi connectivity index (χ2v) is 2.19. The van der Waals surface area contributed by atoms with Gasteiger partial charge in [0.25, 0.3) is 0 Å². The molecule has 4 nitrogen and oxygen atoms in total. The van der Waals surface area contributed by atoms with E-state index in [4.69, 9.17) is 10.2 Å². The first-order valence-electron chi connectivity index (χ1n) is 3.18. The van der Waals surface area contributed by atoms with Gasteiger partial charge in [0.1, 0.15) is 0 Å². The summed E-state index contributed by atoms with van der Waals surface area (Å²) in [6.45, 7) is 0. The zero-order chi connectivity index (χ0) is 9.14. The molecule has 0 saturated heterocycles. The van der Waals surface area contributed by atoms with Gasteiger partial charge < -0.3 is 10.2 Å². The fourth-order valence-electron chi connectivity index (χ4n) is 0.755. The number of aromatic carboxylic acids is 2. The van der Waals surface area contributed by atoms with E-state index in [2.05, 4.69) is 0 Å². The Balaban J connectivity index is 0.00000144. The summed E-state index contributed by atoms with van der Waals surface area (Å²) in [5.41, 5.74) is 0.167. The van der Waals surface area contributed by atoms with Crippen molar-refractivity contribution in [3.05, 3.63) is 35.4 Å². The maximum absolute atomic E-state index is 10.3. The predicted molar refractivity (Wildman–Crippen MR) is 48.9 cm³/mol. The van der Waals surface area contributed by atoms with Crippen LogP contribution in [0.3, 0.4) is 0 Å². The first-order chi connectivity index (χ1) is 5.61. The molecular formula is C8H8O4Sn. The van der Waals surface area contributed by atoms with Crippen molar-refractivity contribution in [3.63, 3.8) is 0 Å². The van der Waals surface area contributed by atoms with Crippen molar-refractivity contribution in [3.8, 4) is 0 Å². The Bertz CT molecular complexity index is 284. The number of carboxylic acids is 2. The summed E-state index contributed by atoms with van der Waals surface area (Å²) >= 11 is 0. The van der Waals surface area contributed by atoms with Crippen LogP contribution >= 0.6 is 0 Å². The monoisotopic (exact) mass is 288 g/mol. The molecule has 0 aliphatic carbocycles. The van der Waals surface area contributed by atoms with E-state index in [0.717, 1.165) is 0 Å². The molecule has 0 aromatic heterocycles. The Morgan fingerprint density at radius 1 is 0.846 bits per heavy atom. The third kappa shape index (κ3) is 3.06. The minimum atomic E-state index is -1.06. The van der Waals surface area contributed by atoms with E-state index >= 15 is 0 Å². The third-order valence-corrected chi connectivity index (χ3v) is 1.38. The van der Waals surface area contributed by atoms with Crippen LogP contribution < -0.4 is 0 Å². The van der Waals surface area contributed by atoms with Gasteiger partial charge in [0.15, 0.2) is 0 Å². The summed E-state index contributed by atoms with van der Waals surface area (Å²) < 4.78 is 0. The maximum atomic E-state index is 10.3. The molecule has 1 rings (SSSR count). The second kappa shape index (κ2) is 4.86. The first kappa shape index (κ1) is 12.0. The van der Waals surface area contributed by atoms with Gasteiger partial charge in [-0.2, -0.15) is 0 Å². The van der Waals surface area contributed by atoms with Gasteiger partial charge in [0.05, 0.1) is 11.1 Å². The second-order valence-electron chi connectivity index (χ2n) is 2.19. The molecule has 0 amide bonds. The Labute approximate surface area is 91.2 Å². The molecule has 13 heavy (non-hydrogen) atoms. The van der Waals surface area contributed by atoms with Gasteiger partial charge in [0, 0.05) is 0 Å². The van der Waals surface area contributed by atoms with E-state index < -0.39 is 11.9 Å². The van der Waals surface area contributed by atoms with Crippen LogP contribution in [0.25, 0.3) is 0 Å². The van der Waals surface area contributed by atoms with E-state index in [1.165, 1.54) is 24.3 Å². The third-order valence-electron chi connectivity index (χ3n) is 1.38. The molecule has 0 aliphatic heterocycles. The molecule has 5 heteroatoms. The zero-order valence-electron chi connectivity index (χ0n) is 6.73. The van der Waals surface area contributed by atoms with E-state index in [-0.39, 0.29) is 35.0 Å². The molecule has 0 spiro atoms. The molecular weight excluding hydrogens is 279 g/mol. The van der Waals surface area contributed by atoms with Crippen molar-refractivity contribution in [1.29, 1.82) is 0 Å². The Morgan fingerprint density at radius 3 is 1.23 bits per heavy atom. The Morgan fingerprint density at radius 2 is 1.08 bits per heavy atom. The molecule has 2 radical (unpaired) electrons. The molecule has 0 aliphatic rings. The van der Waals surface area contributed by atoms with Crippen molar-refractivity contribution in [1.82, 2.24) is 0 Å². The van der Waals surface area contributed by atoms with Crippen molar-refractivity contribution >= 4 is 35.8 Å². The summed E-state index contributed by atoms with van der Waals surface area (Å²) in [5.74, 6) is -2.13. The molecule has 0 bridgehead atoms. The number of hydrogen-bond donors (Lipinski definition) is 2. The Kier molecular flexibility index (Phi) is 4.47. The van der Waals surface area contributed by atoms with Crippen LogP contribution in [0.5, 0.6) is 0 Å². The van der Waals surface area contributed by atoms with Gasteiger partial charge in [-0.3, -0.25) is 0 Å². The fourth-order valence-corrected chi connectivity index (χ4v) is 0.755. The van der Waals surface area contributed by atoms with E-state index in [1.54, 1.807) is 0 Å². The molecule has 0 atom stereocenters. The minimum absolute atomic E-state index is 0. The van der Waals surface area contributed by atoms with Crippen LogP contribution in [0.4, 0.5) is 0 Å². The number of carboxylic acid groups (broad SMARTS) is 2. The van der Waals surface area contributed by atoms with Crippen LogP contribution in [0.15, 0.2) is 24.3 Å². The van der Waals surface area contributed by atoms with Crippen molar-refractivity contribution in [2.45, 2.75) is 0 Å². The summed E-state index contributed by atoms with van der Waals surface area (Å²) in [5, 5.41) is 16.9. The van der Waals surface area contributed by atoms with Gasteiger partial charge in [-0.15, -0.1) is 0 Å². The molecule has 0 saturated carbocycles. The summed E-state index contributed by atoms with van der Waals surface area (Å²) in [6.07, 6.45) is 0. The molecule has 1 aromatic rings. The number of benzene rings is 1. The average Bonchev–Trinajstić information content (AvgIpc) is 2.04. The number of hydrogen-bond acceptors (Lipinski definition) is 2. The first-order valence-corrected chi connectivity index (χ1v) is 3.18. The zero-order valence-corrected chi connectivity index (χ0v) is 10.8. The average molecular weight is 287 g/mol. The molecule has 1 aromatic carbocycles. The van der Waals surface area contributed by atoms with Crippen LogP contribution in [0, 0.1) is 0 Å². The Hall–Kier alpha value is -1.04. The molecule has 0 fully saturated rings. The van der Waals surface area contributed by atoms with Crippen LogP contribution in [-0.2, 0) is 0 Å². The van der Waals surface area contributed by atoms with Crippen LogP contribution in [0.1, 0.15) is 20.7 Å². The molecule has 0 heterocycles. The molecule has 0 unspecified atom stereocenters. The number of carbonyl (C=O) groups is 2. The van der Waals surface area contributed by atoms with Crippen molar-refractivity contribution in [2.75, 3.05) is 0 Å². The van der Waals surface area contributed by atoms with Gasteiger partial charge in [-0.1, -0.05) is 0 Å². The normalized spacial score (nSPS) is 8.62. The van der Waals surface area contributed by atoms with Crippen molar-refractivity contribution < 1.29 is 19.8 Å². The SMILES string of the molecule is O=C(O)c1ccc(C(=O)O)cc1.[SnH2]. The fraction of sp³-hybridized carbons (Fsp3) is 0. The van der Waals surface area contributed by atoms with Gasteiger partial charge in [-0.25, -0.2) is 9.59 Å². The predicted octanol–water partition coefficient (Wildman–Crippen LogP) is 0.167. The standard InChI is InChI=1S/C8H6O4.Sn.2H/c9-7(10)5-1-2-6(4-3-5)8(11)12;;;/h1-4H,(H,9,10)(H,11,12);;;. The summed E-state index contributed by atoms with van der Waals surface area (Å²) in [4.78, 5) is 20.7. The quantitative estimate of drug-likeness (QED) is 0.760. The number of rotatable bonds is 2. The van der Waals surface area contributed by atoms with Gasteiger partial charge in [-0.05, 0) is 24.3 Å². The topological polar surface area (TPSA) is 74.6 Å². The molecule has 68 valence electrons.